The van der Waals surface area contributed by atoms with Crippen LogP contribution in [0.1, 0.15) is 50.0 Å². The SMILES string of the molecule is Cn1cc(-c2cn(S(=O)(=O)c3ccccc3)c3ncc([C@H]4CC[C@H](NC5CCOCC5)CC4)cc23)cn1. The van der Waals surface area contributed by atoms with Gasteiger partial charge in [0.05, 0.1) is 11.1 Å². The van der Waals surface area contributed by atoms with Crippen LogP contribution in [0, 0.1) is 0 Å². The Bertz CT molecular complexity index is 1480. The molecule has 8 nitrogen and oxygen atoms in total. The summed E-state index contributed by atoms with van der Waals surface area (Å²) in [5.41, 5.74) is 3.32. The molecule has 37 heavy (non-hydrogen) atoms. The molecule has 1 saturated carbocycles. The van der Waals surface area contributed by atoms with E-state index in [2.05, 4.69) is 16.5 Å². The molecule has 6 rings (SSSR count). The first-order chi connectivity index (χ1) is 18.0. The van der Waals surface area contributed by atoms with Crippen LogP contribution in [-0.2, 0) is 21.8 Å². The lowest BCUT2D eigenvalue weighted by Gasteiger charge is -2.33. The summed E-state index contributed by atoms with van der Waals surface area (Å²) in [7, 11) is -1.93. The van der Waals surface area contributed by atoms with Crippen LogP contribution in [0.15, 0.2) is 66.1 Å². The highest BCUT2D eigenvalue weighted by molar-refractivity contribution is 7.90. The van der Waals surface area contributed by atoms with Gasteiger partial charge in [0, 0.05) is 67.4 Å². The van der Waals surface area contributed by atoms with E-state index >= 15 is 0 Å². The summed E-state index contributed by atoms with van der Waals surface area (Å²) in [5, 5.41) is 9.01. The summed E-state index contributed by atoms with van der Waals surface area (Å²) in [6.07, 6.45) is 13.9. The molecule has 1 aliphatic carbocycles. The molecule has 2 fully saturated rings. The summed E-state index contributed by atoms with van der Waals surface area (Å²) < 4.78 is 35.7. The zero-order valence-electron chi connectivity index (χ0n) is 21.1. The number of rotatable bonds is 6. The number of aryl methyl sites for hydroxylation is 1. The maximum absolute atomic E-state index is 13.6. The lowest BCUT2D eigenvalue weighted by molar-refractivity contribution is 0.0729. The fourth-order valence-electron chi connectivity index (χ4n) is 5.79. The molecule has 0 spiro atoms. The number of nitrogens with one attached hydrogen (secondary N) is 1. The number of ether oxygens (including phenoxy) is 1. The quantitative estimate of drug-likeness (QED) is 0.404. The molecule has 194 valence electrons. The Morgan fingerprint density at radius 3 is 2.38 bits per heavy atom. The second-order valence-corrected chi connectivity index (χ2v) is 12.1. The monoisotopic (exact) mass is 519 g/mol. The lowest BCUT2D eigenvalue weighted by Crippen LogP contribution is -2.43. The van der Waals surface area contributed by atoms with Crippen LogP contribution >= 0.6 is 0 Å². The largest absolute Gasteiger partial charge is 0.381 e. The first-order valence-corrected chi connectivity index (χ1v) is 14.6. The Kier molecular flexibility index (Phi) is 6.60. The van der Waals surface area contributed by atoms with Crippen LogP contribution in [0.5, 0.6) is 0 Å². The molecule has 0 amide bonds. The molecule has 4 aromatic rings. The summed E-state index contributed by atoms with van der Waals surface area (Å²) in [5.74, 6) is 0.417. The normalized spacial score (nSPS) is 21.4. The molecular weight excluding hydrogens is 486 g/mol. The number of fused-ring (bicyclic) bond motifs is 1. The molecule has 0 radical (unpaired) electrons. The third-order valence-electron chi connectivity index (χ3n) is 7.84. The number of hydrogen-bond donors (Lipinski definition) is 1. The minimum Gasteiger partial charge on any atom is -0.381 e. The van der Waals surface area contributed by atoms with Gasteiger partial charge in [-0.25, -0.2) is 17.4 Å². The maximum atomic E-state index is 13.6. The van der Waals surface area contributed by atoms with E-state index in [0.29, 0.717) is 23.6 Å². The van der Waals surface area contributed by atoms with Crippen LogP contribution in [0.2, 0.25) is 0 Å². The van der Waals surface area contributed by atoms with Gasteiger partial charge in [0.15, 0.2) is 5.65 Å². The number of benzene rings is 1. The molecule has 9 heteroatoms. The highest BCUT2D eigenvalue weighted by Gasteiger charge is 2.27. The van der Waals surface area contributed by atoms with Crippen molar-refractivity contribution in [2.45, 2.75) is 61.4 Å². The second kappa shape index (κ2) is 10.0. The van der Waals surface area contributed by atoms with E-state index in [-0.39, 0.29) is 4.90 Å². The third kappa shape index (κ3) is 4.83. The summed E-state index contributed by atoms with van der Waals surface area (Å²) >= 11 is 0. The minimum absolute atomic E-state index is 0.242. The van der Waals surface area contributed by atoms with Gasteiger partial charge in [0.2, 0.25) is 0 Å². The van der Waals surface area contributed by atoms with Gasteiger partial charge < -0.3 is 10.1 Å². The molecular formula is C28H33N5O3S. The van der Waals surface area contributed by atoms with Gasteiger partial charge in [-0.05, 0) is 68.2 Å². The van der Waals surface area contributed by atoms with Crippen LogP contribution in [-0.4, -0.2) is 52.5 Å². The Morgan fingerprint density at radius 2 is 1.68 bits per heavy atom. The Morgan fingerprint density at radius 1 is 0.946 bits per heavy atom. The van der Waals surface area contributed by atoms with Crippen molar-refractivity contribution >= 4 is 21.1 Å². The Hall–Kier alpha value is -3.01. The zero-order valence-corrected chi connectivity index (χ0v) is 21.9. The summed E-state index contributed by atoms with van der Waals surface area (Å²) in [4.78, 5) is 4.98. The molecule has 1 aromatic carbocycles. The van der Waals surface area contributed by atoms with Crippen molar-refractivity contribution in [3.05, 3.63) is 66.7 Å². The van der Waals surface area contributed by atoms with E-state index < -0.39 is 10.0 Å². The molecule has 0 atom stereocenters. The van der Waals surface area contributed by atoms with E-state index in [0.717, 1.165) is 68.3 Å². The molecule has 2 aliphatic rings. The van der Waals surface area contributed by atoms with Crippen LogP contribution in [0.3, 0.4) is 0 Å². The Labute approximate surface area is 217 Å². The Balaban J connectivity index is 1.31. The third-order valence-corrected chi connectivity index (χ3v) is 9.50. The predicted molar refractivity (Wildman–Crippen MR) is 143 cm³/mol. The lowest BCUT2D eigenvalue weighted by atomic mass is 9.81. The van der Waals surface area contributed by atoms with Gasteiger partial charge in [-0.3, -0.25) is 4.68 Å². The minimum atomic E-state index is -3.80. The van der Waals surface area contributed by atoms with Gasteiger partial charge in [-0.2, -0.15) is 5.10 Å². The molecule has 1 aliphatic heterocycles. The van der Waals surface area contributed by atoms with Crippen LogP contribution in [0.4, 0.5) is 0 Å². The molecule has 3 aromatic heterocycles. The topological polar surface area (TPSA) is 91.0 Å². The van der Waals surface area contributed by atoms with Crippen molar-refractivity contribution < 1.29 is 13.2 Å². The molecule has 0 unspecified atom stereocenters. The molecule has 1 N–H and O–H groups in total. The highest BCUT2D eigenvalue weighted by Crippen LogP contribution is 2.37. The van der Waals surface area contributed by atoms with Crippen molar-refractivity contribution in [2.75, 3.05) is 13.2 Å². The van der Waals surface area contributed by atoms with E-state index in [1.165, 1.54) is 9.54 Å². The number of pyridine rings is 1. The average Bonchev–Trinajstić information content (AvgIpc) is 3.53. The smallest absolute Gasteiger partial charge is 0.269 e. The van der Waals surface area contributed by atoms with Gasteiger partial charge >= 0.3 is 0 Å². The van der Waals surface area contributed by atoms with E-state index in [1.54, 1.807) is 41.3 Å². The van der Waals surface area contributed by atoms with Gasteiger partial charge in [-0.15, -0.1) is 0 Å². The molecule has 0 bridgehead atoms. The van der Waals surface area contributed by atoms with Crippen molar-refractivity contribution in [3.63, 3.8) is 0 Å². The average molecular weight is 520 g/mol. The fraction of sp³-hybridized carbons (Fsp3) is 0.429. The summed E-state index contributed by atoms with van der Waals surface area (Å²) in [6, 6.07) is 11.8. The van der Waals surface area contributed by atoms with Crippen LogP contribution in [0.25, 0.3) is 22.2 Å². The maximum Gasteiger partial charge on any atom is 0.269 e. The van der Waals surface area contributed by atoms with E-state index in [1.807, 2.05) is 25.5 Å². The van der Waals surface area contributed by atoms with Gasteiger partial charge in [0.25, 0.3) is 10.0 Å². The van der Waals surface area contributed by atoms with Crippen LogP contribution < -0.4 is 5.32 Å². The first-order valence-electron chi connectivity index (χ1n) is 13.1. The molecule has 4 heterocycles. The summed E-state index contributed by atoms with van der Waals surface area (Å²) in [6.45, 7) is 1.72. The van der Waals surface area contributed by atoms with Crippen molar-refractivity contribution in [1.82, 2.24) is 24.1 Å². The number of hydrogen-bond acceptors (Lipinski definition) is 6. The first kappa shape index (κ1) is 24.3. The second-order valence-electron chi connectivity index (χ2n) is 10.3. The standard InChI is InChI=1S/C28H33N5O3S/c1-32-18-22(17-30-32)27-19-33(37(34,35)25-5-3-2-4-6-25)28-26(27)15-21(16-29-28)20-7-9-23(10-8-20)31-24-11-13-36-14-12-24/h2-6,15-20,23-24,31H,7-14H2,1H3/t20-,23-. The zero-order chi connectivity index (χ0) is 25.4. The number of nitrogens with zero attached hydrogens (tertiary/aromatic N) is 4. The molecule has 1 saturated heterocycles. The van der Waals surface area contributed by atoms with Gasteiger partial charge in [0.1, 0.15) is 0 Å². The van der Waals surface area contributed by atoms with Crippen molar-refractivity contribution in [3.8, 4) is 11.1 Å². The fourth-order valence-corrected chi connectivity index (χ4v) is 7.13. The van der Waals surface area contributed by atoms with E-state index in [9.17, 15) is 8.42 Å². The van der Waals surface area contributed by atoms with Gasteiger partial charge in [-0.1, -0.05) is 18.2 Å². The van der Waals surface area contributed by atoms with Crippen molar-refractivity contribution in [2.24, 2.45) is 7.05 Å². The highest BCUT2D eigenvalue weighted by atomic mass is 32.2. The van der Waals surface area contributed by atoms with E-state index in [4.69, 9.17) is 9.72 Å². The predicted octanol–water partition coefficient (Wildman–Crippen LogP) is 4.47. The number of aromatic nitrogens is 4. The van der Waals surface area contributed by atoms with Crippen molar-refractivity contribution in [1.29, 1.82) is 0 Å².